The van der Waals surface area contributed by atoms with E-state index in [-0.39, 0.29) is 23.8 Å². The van der Waals surface area contributed by atoms with Crippen LogP contribution in [0.3, 0.4) is 0 Å². The lowest BCUT2D eigenvalue weighted by molar-refractivity contribution is -0.137. The van der Waals surface area contributed by atoms with Crippen LogP contribution < -0.4 is 0 Å². The number of carbonyl (C=O) groups excluding carboxylic acids is 1. The fourth-order valence-electron chi connectivity index (χ4n) is 3.55. The molecule has 0 saturated heterocycles. The molecule has 2 aliphatic heterocycles. The van der Waals surface area contributed by atoms with Crippen molar-refractivity contribution >= 4 is 47.2 Å². The molecule has 10 heteroatoms. The number of aliphatic imine (C=N–C) groups is 1. The molecule has 5 nitrogen and oxygen atoms in total. The Bertz CT molecular complexity index is 1190. The first-order chi connectivity index (χ1) is 14.1. The summed E-state index contributed by atoms with van der Waals surface area (Å²) in [4.78, 5) is 18.1. The number of aryl methyl sites for hydroxylation is 1. The maximum absolute atomic E-state index is 13.1. The molecule has 2 aromatic rings. The van der Waals surface area contributed by atoms with Crippen LogP contribution in [-0.4, -0.2) is 26.4 Å². The van der Waals surface area contributed by atoms with Gasteiger partial charge in [-0.1, -0.05) is 17.8 Å². The van der Waals surface area contributed by atoms with E-state index in [1.165, 1.54) is 17.8 Å². The van der Waals surface area contributed by atoms with E-state index in [9.17, 15) is 18.0 Å². The second-order valence-corrected chi connectivity index (χ2v) is 7.87. The fourth-order valence-corrected chi connectivity index (χ4v) is 4.41. The van der Waals surface area contributed by atoms with Crippen molar-refractivity contribution in [1.29, 1.82) is 5.41 Å². The lowest BCUT2D eigenvalue weighted by atomic mass is 10.1. The van der Waals surface area contributed by atoms with Crippen LogP contribution in [0.1, 0.15) is 29.4 Å². The molecule has 1 N–H and O–H groups in total. The van der Waals surface area contributed by atoms with Crippen molar-refractivity contribution in [1.82, 2.24) is 9.47 Å². The minimum absolute atomic E-state index is 0. The number of amidine groups is 2. The van der Waals surface area contributed by atoms with Crippen LogP contribution in [0.5, 0.6) is 0 Å². The number of carbonyl (C=O) groups is 1. The lowest BCUT2D eigenvalue weighted by Gasteiger charge is -2.25. The van der Waals surface area contributed by atoms with Gasteiger partial charge in [-0.15, -0.1) is 12.4 Å². The number of nitrogens with one attached hydrogen (secondary N) is 1. The average Bonchev–Trinajstić information content (AvgIpc) is 3.17. The van der Waals surface area contributed by atoms with Crippen molar-refractivity contribution in [3.63, 3.8) is 0 Å². The average molecular weight is 467 g/mol. The molecule has 4 rings (SSSR count). The Labute approximate surface area is 187 Å². The highest BCUT2D eigenvalue weighted by Gasteiger charge is 2.34. The zero-order valence-corrected chi connectivity index (χ0v) is 18.4. The Morgan fingerprint density at radius 1 is 1.16 bits per heavy atom. The van der Waals surface area contributed by atoms with Gasteiger partial charge in [0, 0.05) is 22.8 Å². The third kappa shape index (κ3) is 3.95. The van der Waals surface area contributed by atoms with Gasteiger partial charge in [-0.25, -0.2) is 0 Å². The number of rotatable bonds is 2. The quantitative estimate of drug-likeness (QED) is 0.577. The zero-order valence-electron chi connectivity index (χ0n) is 16.7. The summed E-state index contributed by atoms with van der Waals surface area (Å²) in [6.07, 6.45) is -2.86. The first kappa shape index (κ1) is 22.9. The summed E-state index contributed by atoms with van der Waals surface area (Å²) in [5, 5.41) is 10.7. The summed E-state index contributed by atoms with van der Waals surface area (Å²) >= 11 is 1.29. The predicted molar refractivity (Wildman–Crippen MR) is 119 cm³/mol. The molecule has 1 amide bonds. The van der Waals surface area contributed by atoms with Gasteiger partial charge in [-0.05, 0) is 62.1 Å². The molecule has 1 aromatic heterocycles. The van der Waals surface area contributed by atoms with Gasteiger partial charge in [-0.2, -0.15) is 18.2 Å². The summed E-state index contributed by atoms with van der Waals surface area (Å²) < 4.78 is 41.1. The van der Waals surface area contributed by atoms with Gasteiger partial charge in [0.2, 0.25) is 0 Å². The van der Waals surface area contributed by atoms with Crippen LogP contribution >= 0.6 is 24.2 Å². The molecule has 0 unspecified atom stereocenters. The normalized spacial score (nSPS) is 17.5. The molecule has 0 bridgehead atoms. The largest absolute Gasteiger partial charge is 0.416 e. The van der Waals surface area contributed by atoms with Gasteiger partial charge in [-0.3, -0.25) is 15.1 Å². The molecular weight excluding hydrogens is 449 g/mol. The van der Waals surface area contributed by atoms with Gasteiger partial charge in [0.05, 0.1) is 11.1 Å². The molecule has 0 aliphatic carbocycles. The zero-order chi connectivity index (χ0) is 21.8. The Balaban J connectivity index is 0.00000272. The summed E-state index contributed by atoms with van der Waals surface area (Å²) in [5.41, 5.74) is 2.61. The van der Waals surface area contributed by atoms with Crippen molar-refractivity contribution in [3.8, 4) is 5.69 Å². The van der Waals surface area contributed by atoms with Crippen LogP contribution in [0.15, 0.2) is 52.0 Å². The highest BCUT2D eigenvalue weighted by molar-refractivity contribution is 8.16. The van der Waals surface area contributed by atoms with Crippen molar-refractivity contribution in [2.75, 3.05) is 0 Å². The summed E-state index contributed by atoms with van der Waals surface area (Å²) in [6.45, 7) is 5.38. The number of thioether (sulfide) groups is 1. The minimum Gasteiger partial charge on any atom is -0.318 e. The van der Waals surface area contributed by atoms with Crippen molar-refractivity contribution in [2.45, 2.75) is 26.9 Å². The van der Waals surface area contributed by atoms with Crippen LogP contribution in [0.25, 0.3) is 11.8 Å². The fraction of sp³-hybridized carbons (Fsp3) is 0.190. The topological polar surface area (TPSA) is 61.5 Å². The highest BCUT2D eigenvalue weighted by Crippen LogP contribution is 2.34. The third-order valence-electron chi connectivity index (χ3n) is 4.99. The molecule has 2 aliphatic rings. The number of halogens is 4. The van der Waals surface area contributed by atoms with E-state index >= 15 is 0 Å². The van der Waals surface area contributed by atoms with Crippen molar-refractivity contribution < 1.29 is 18.0 Å². The van der Waals surface area contributed by atoms with Crippen LogP contribution in [0.4, 0.5) is 13.2 Å². The van der Waals surface area contributed by atoms with Crippen LogP contribution in [0.2, 0.25) is 0 Å². The number of alkyl halides is 3. The molecule has 0 saturated carbocycles. The molecule has 1 aromatic carbocycles. The van der Waals surface area contributed by atoms with Gasteiger partial charge in [0.25, 0.3) is 5.91 Å². The van der Waals surface area contributed by atoms with E-state index in [1.807, 2.05) is 12.3 Å². The number of nitrogens with zero attached hydrogens (tertiary/aromatic N) is 3. The smallest absolute Gasteiger partial charge is 0.318 e. The minimum atomic E-state index is -4.44. The van der Waals surface area contributed by atoms with E-state index in [1.54, 1.807) is 41.5 Å². The van der Waals surface area contributed by atoms with E-state index in [4.69, 9.17) is 5.41 Å². The van der Waals surface area contributed by atoms with Gasteiger partial charge < -0.3 is 4.57 Å². The standard InChI is InChI=1S/C21H17F3N4OS.ClH/c1-11-7-14(8-17-18(25)28-12(2)10-30-20(28)26-19(17)29)13(3)27(11)16-6-4-5-15(9-16)21(22,23)24;/h4-10,25H,1-3H3;1H/b17-8+,25-18?;. The Kier molecular flexibility index (Phi) is 5.94. The first-order valence-electron chi connectivity index (χ1n) is 9.01. The van der Waals surface area contributed by atoms with Crippen LogP contribution in [0, 0.1) is 19.3 Å². The second-order valence-electron chi connectivity index (χ2n) is 7.03. The van der Waals surface area contributed by atoms with Gasteiger partial charge >= 0.3 is 6.18 Å². The highest BCUT2D eigenvalue weighted by atomic mass is 35.5. The maximum atomic E-state index is 13.1. The van der Waals surface area contributed by atoms with Crippen molar-refractivity contribution in [2.24, 2.45) is 4.99 Å². The number of benzene rings is 1. The summed E-state index contributed by atoms with van der Waals surface area (Å²) in [6, 6.07) is 6.88. The maximum Gasteiger partial charge on any atom is 0.416 e. The molecule has 31 heavy (non-hydrogen) atoms. The van der Waals surface area contributed by atoms with Crippen LogP contribution in [-0.2, 0) is 11.0 Å². The predicted octanol–water partition coefficient (Wildman–Crippen LogP) is 5.70. The number of fused-ring (bicyclic) bond motifs is 1. The first-order valence-corrected chi connectivity index (χ1v) is 9.89. The number of hydrogen-bond donors (Lipinski definition) is 1. The molecule has 3 heterocycles. The number of aromatic nitrogens is 1. The van der Waals surface area contributed by atoms with Gasteiger partial charge in [0.15, 0.2) is 5.17 Å². The number of hydrogen-bond acceptors (Lipinski definition) is 3. The van der Waals surface area contributed by atoms with E-state index in [2.05, 4.69) is 4.99 Å². The number of amides is 1. The SMILES string of the molecule is CC1=CSC2=NC(=O)/C(=C/c3cc(C)n(-c4cccc(C(F)(F)F)c4)c3C)C(=N)N12.Cl. The second kappa shape index (κ2) is 8.05. The lowest BCUT2D eigenvalue weighted by Crippen LogP contribution is -2.37. The van der Waals surface area contributed by atoms with E-state index in [0.717, 1.165) is 17.8 Å². The summed E-state index contributed by atoms with van der Waals surface area (Å²) in [7, 11) is 0. The summed E-state index contributed by atoms with van der Waals surface area (Å²) in [5.74, 6) is -0.474. The molecule has 162 valence electrons. The molecule has 0 atom stereocenters. The van der Waals surface area contributed by atoms with E-state index < -0.39 is 17.6 Å². The Morgan fingerprint density at radius 3 is 2.55 bits per heavy atom. The monoisotopic (exact) mass is 466 g/mol. The molecular formula is C21H18ClF3N4OS. The molecule has 0 fully saturated rings. The number of allylic oxidation sites excluding steroid dienone is 1. The van der Waals surface area contributed by atoms with Gasteiger partial charge in [0.1, 0.15) is 5.84 Å². The Morgan fingerprint density at radius 2 is 1.87 bits per heavy atom. The Hall–Kier alpha value is -2.78. The van der Waals surface area contributed by atoms with Crippen molar-refractivity contribution in [3.05, 3.63) is 69.5 Å². The van der Waals surface area contributed by atoms with E-state index in [0.29, 0.717) is 27.8 Å². The molecule has 0 radical (unpaired) electrons. The third-order valence-corrected chi connectivity index (χ3v) is 5.93. The molecule has 0 spiro atoms.